The van der Waals surface area contributed by atoms with Gasteiger partial charge in [-0.15, -0.1) is 11.6 Å². The number of benzene rings is 1. The average Bonchev–Trinajstić information content (AvgIpc) is 2.70. The first-order valence-electron chi connectivity index (χ1n) is 5.48. The van der Waals surface area contributed by atoms with Crippen molar-refractivity contribution in [3.63, 3.8) is 0 Å². The number of alkyl halides is 4. The quantitative estimate of drug-likeness (QED) is 0.760. The van der Waals surface area contributed by atoms with Crippen molar-refractivity contribution in [2.75, 3.05) is 11.4 Å². The van der Waals surface area contributed by atoms with E-state index >= 15 is 0 Å². The van der Waals surface area contributed by atoms with E-state index < -0.39 is 23.4 Å². The summed E-state index contributed by atoms with van der Waals surface area (Å²) in [5.74, 6) is -1.75. The largest absolute Gasteiger partial charge is 0.405 e. The molecule has 1 aliphatic heterocycles. The van der Waals surface area contributed by atoms with Gasteiger partial charge in [-0.2, -0.15) is 13.2 Å². The summed E-state index contributed by atoms with van der Waals surface area (Å²) < 4.78 is 37.5. The number of amides is 1. The van der Waals surface area contributed by atoms with E-state index in [9.17, 15) is 18.0 Å². The highest BCUT2D eigenvalue weighted by molar-refractivity contribution is 6.23. The highest BCUT2D eigenvalue weighted by Gasteiger charge is 2.49. The van der Waals surface area contributed by atoms with Gasteiger partial charge in [0, 0.05) is 12.2 Å². The number of nitrogens with zero attached hydrogens (tertiary/aromatic N) is 1. The van der Waals surface area contributed by atoms with Gasteiger partial charge in [0.05, 0.1) is 5.92 Å². The third-order valence-corrected chi connectivity index (χ3v) is 3.53. The van der Waals surface area contributed by atoms with Gasteiger partial charge in [0.25, 0.3) is 0 Å². The molecule has 0 aliphatic carbocycles. The number of carbonyl (C=O) groups is 1. The number of anilines is 1. The third-order valence-electron chi connectivity index (χ3n) is 2.98. The van der Waals surface area contributed by atoms with Crippen LogP contribution in [0.4, 0.5) is 18.9 Å². The Labute approximate surface area is 107 Å². The predicted octanol–water partition coefficient (Wildman–Crippen LogP) is 3.21. The van der Waals surface area contributed by atoms with Crippen LogP contribution in [0.15, 0.2) is 30.3 Å². The van der Waals surface area contributed by atoms with Crippen molar-refractivity contribution < 1.29 is 18.0 Å². The molecular formula is C12H11ClF3NO. The van der Waals surface area contributed by atoms with Crippen LogP contribution in [0.3, 0.4) is 0 Å². The molecule has 98 valence electrons. The van der Waals surface area contributed by atoms with Crippen molar-refractivity contribution in [1.82, 2.24) is 0 Å². The Kier molecular flexibility index (Phi) is 3.52. The molecule has 1 aromatic rings. The minimum atomic E-state index is -4.55. The van der Waals surface area contributed by atoms with Crippen molar-refractivity contribution in [3.05, 3.63) is 30.3 Å². The summed E-state index contributed by atoms with van der Waals surface area (Å²) in [6.07, 6.45) is -4.42. The SMILES string of the molecule is O=C1C(C(Cl)C(F)(F)F)CCN1c1ccccc1. The minimum Gasteiger partial charge on any atom is -0.312 e. The normalized spacial score (nSPS) is 22.3. The van der Waals surface area contributed by atoms with Crippen molar-refractivity contribution >= 4 is 23.2 Å². The van der Waals surface area contributed by atoms with Crippen LogP contribution in [0.25, 0.3) is 0 Å². The number of carbonyl (C=O) groups excluding carboxylic acids is 1. The molecule has 2 nitrogen and oxygen atoms in total. The van der Waals surface area contributed by atoms with Crippen LogP contribution in [-0.4, -0.2) is 24.0 Å². The van der Waals surface area contributed by atoms with Crippen molar-refractivity contribution in [2.24, 2.45) is 5.92 Å². The van der Waals surface area contributed by atoms with Crippen molar-refractivity contribution in [3.8, 4) is 0 Å². The maximum absolute atomic E-state index is 12.5. The highest BCUT2D eigenvalue weighted by Crippen LogP contribution is 2.37. The molecule has 0 aromatic heterocycles. The second kappa shape index (κ2) is 4.80. The Morgan fingerprint density at radius 3 is 2.44 bits per heavy atom. The Hall–Kier alpha value is -1.23. The first-order valence-corrected chi connectivity index (χ1v) is 5.92. The predicted molar refractivity (Wildman–Crippen MR) is 62.6 cm³/mol. The van der Waals surface area contributed by atoms with Crippen LogP contribution < -0.4 is 4.90 Å². The molecule has 0 spiro atoms. The van der Waals surface area contributed by atoms with Gasteiger partial charge >= 0.3 is 6.18 Å². The molecule has 1 amide bonds. The second-order valence-corrected chi connectivity index (χ2v) is 4.63. The van der Waals surface area contributed by atoms with Crippen LogP contribution in [0, 0.1) is 5.92 Å². The molecule has 0 N–H and O–H groups in total. The molecule has 1 aromatic carbocycles. The number of rotatable bonds is 2. The lowest BCUT2D eigenvalue weighted by Gasteiger charge is -2.20. The standard InChI is InChI=1S/C12H11ClF3NO/c13-10(12(14,15)16)9-6-7-17(11(9)18)8-4-2-1-3-5-8/h1-5,9-10H,6-7H2. The molecule has 1 aliphatic rings. The van der Waals surface area contributed by atoms with E-state index in [1.807, 2.05) is 0 Å². The second-order valence-electron chi connectivity index (χ2n) is 4.16. The van der Waals surface area contributed by atoms with Gasteiger partial charge in [0.15, 0.2) is 0 Å². The number of hydrogen-bond acceptors (Lipinski definition) is 1. The topological polar surface area (TPSA) is 20.3 Å². The summed E-state index contributed by atoms with van der Waals surface area (Å²) >= 11 is 5.34. The van der Waals surface area contributed by atoms with E-state index in [0.717, 1.165) is 0 Å². The van der Waals surface area contributed by atoms with E-state index in [1.54, 1.807) is 30.3 Å². The van der Waals surface area contributed by atoms with E-state index in [4.69, 9.17) is 11.6 Å². The van der Waals surface area contributed by atoms with E-state index in [1.165, 1.54) is 4.90 Å². The Balaban J connectivity index is 2.16. The summed E-state index contributed by atoms with van der Waals surface area (Å²) in [6, 6.07) is 8.63. The van der Waals surface area contributed by atoms with E-state index in [0.29, 0.717) is 5.69 Å². The molecule has 1 fully saturated rings. The molecule has 18 heavy (non-hydrogen) atoms. The van der Waals surface area contributed by atoms with Crippen LogP contribution in [0.2, 0.25) is 0 Å². The molecule has 0 radical (unpaired) electrons. The summed E-state index contributed by atoms with van der Waals surface area (Å²) in [6.45, 7) is 0.271. The zero-order valence-corrected chi connectivity index (χ0v) is 10.1. The van der Waals surface area contributed by atoms with Crippen LogP contribution in [0.1, 0.15) is 6.42 Å². The number of para-hydroxylation sites is 1. The van der Waals surface area contributed by atoms with Gasteiger partial charge in [-0.05, 0) is 18.6 Å². The van der Waals surface area contributed by atoms with Gasteiger partial charge in [-0.1, -0.05) is 18.2 Å². The number of halogens is 4. The van der Waals surface area contributed by atoms with Gasteiger partial charge in [0.1, 0.15) is 5.38 Å². The molecular weight excluding hydrogens is 267 g/mol. The average molecular weight is 278 g/mol. The zero-order chi connectivity index (χ0) is 13.3. The van der Waals surface area contributed by atoms with E-state index in [-0.39, 0.29) is 13.0 Å². The number of hydrogen-bond donors (Lipinski definition) is 0. The van der Waals surface area contributed by atoms with E-state index in [2.05, 4.69) is 0 Å². The fourth-order valence-corrected chi connectivity index (χ4v) is 2.30. The lowest BCUT2D eigenvalue weighted by atomic mass is 10.0. The highest BCUT2D eigenvalue weighted by atomic mass is 35.5. The first kappa shape index (κ1) is 13.2. The van der Waals surface area contributed by atoms with Gasteiger partial charge in [0.2, 0.25) is 5.91 Å². The molecule has 1 saturated heterocycles. The molecule has 6 heteroatoms. The maximum Gasteiger partial charge on any atom is 0.405 e. The van der Waals surface area contributed by atoms with Gasteiger partial charge in [-0.3, -0.25) is 4.79 Å². The Morgan fingerprint density at radius 2 is 1.89 bits per heavy atom. The molecule has 0 saturated carbocycles. The molecule has 2 unspecified atom stereocenters. The first-order chi connectivity index (χ1) is 8.41. The third kappa shape index (κ3) is 2.46. The summed E-state index contributed by atoms with van der Waals surface area (Å²) in [5, 5.41) is -2.11. The van der Waals surface area contributed by atoms with Crippen molar-refractivity contribution in [2.45, 2.75) is 18.0 Å². The lowest BCUT2D eigenvalue weighted by molar-refractivity contribution is -0.147. The smallest absolute Gasteiger partial charge is 0.312 e. The zero-order valence-electron chi connectivity index (χ0n) is 9.32. The minimum absolute atomic E-state index is 0.126. The Morgan fingerprint density at radius 1 is 1.28 bits per heavy atom. The molecule has 0 bridgehead atoms. The summed E-state index contributed by atoms with van der Waals surface area (Å²) in [4.78, 5) is 13.3. The van der Waals surface area contributed by atoms with Crippen LogP contribution in [0.5, 0.6) is 0 Å². The van der Waals surface area contributed by atoms with Gasteiger partial charge in [-0.25, -0.2) is 0 Å². The summed E-state index contributed by atoms with van der Waals surface area (Å²) in [5.41, 5.74) is 0.607. The molecule has 2 rings (SSSR count). The monoisotopic (exact) mass is 277 g/mol. The van der Waals surface area contributed by atoms with Crippen LogP contribution in [-0.2, 0) is 4.79 Å². The maximum atomic E-state index is 12.5. The molecule has 1 heterocycles. The summed E-state index contributed by atoms with van der Waals surface area (Å²) in [7, 11) is 0. The fraction of sp³-hybridized carbons (Fsp3) is 0.417. The van der Waals surface area contributed by atoms with Crippen molar-refractivity contribution in [1.29, 1.82) is 0 Å². The Bertz CT molecular complexity index is 435. The fourth-order valence-electron chi connectivity index (χ4n) is 2.07. The van der Waals surface area contributed by atoms with Gasteiger partial charge < -0.3 is 4.90 Å². The molecule has 2 atom stereocenters. The van der Waals surface area contributed by atoms with Crippen LogP contribution >= 0.6 is 11.6 Å². The lowest BCUT2D eigenvalue weighted by Crippen LogP contribution is -2.37.